The third kappa shape index (κ3) is 5.81. The highest BCUT2D eigenvalue weighted by molar-refractivity contribution is 5.97. The van der Waals surface area contributed by atoms with E-state index in [4.69, 9.17) is 15.0 Å². The Kier molecular flexibility index (Phi) is 7.92. The highest BCUT2D eigenvalue weighted by Gasteiger charge is 2.20. The molecule has 1 heterocycles. The molecule has 8 rings (SSSR count). The van der Waals surface area contributed by atoms with Gasteiger partial charge in [0.25, 0.3) is 0 Å². The van der Waals surface area contributed by atoms with Gasteiger partial charge in [-0.3, -0.25) is 0 Å². The number of benzene rings is 7. The van der Waals surface area contributed by atoms with E-state index in [0.29, 0.717) is 17.5 Å². The van der Waals surface area contributed by atoms with E-state index in [1.165, 1.54) is 16.7 Å². The second kappa shape index (κ2) is 13.1. The molecule has 0 fully saturated rings. The fourth-order valence-electron chi connectivity index (χ4n) is 6.27. The lowest BCUT2D eigenvalue weighted by atomic mass is 9.86. The van der Waals surface area contributed by atoms with Gasteiger partial charge in [-0.05, 0) is 50.6 Å². The Morgan fingerprint density at radius 3 is 1.31 bits per heavy atom. The van der Waals surface area contributed by atoms with Crippen molar-refractivity contribution in [1.82, 2.24) is 15.0 Å². The highest BCUT2D eigenvalue weighted by Crippen LogP contribution is 2.43. The molecule has 0 amide bonds. The van der Waals surface area contributed by atoms with E-state index in [2.05, 4.69) is 152 Å². The smallest absolute Gasteiger partial charge is 0.164 e. The van der Waals surface area contributed by atoms with E-state index in [0.717, 1.165) is 44.5 Å². The Balaban J connectivity index is 1.35. The lowest BCUT2D eigenvalue weighted by Crippen LogP contribution is -2.01. The molecule has 7 aromatic carbocycles. The molecule has 1 aromatic heterocycles. The summed E-state index contributed by atoms with van der Waals surface area (Å²) in [5, 5.41) is 0. The van der Waals surface area contributed by atoms with Crippen LogP contribution in [0, 0.1) is 0 Å². The lowest BCUT2D eigenvalue weighted by Gasteiger charge is -2.18. The first-order valence-corrected chi connectivity index (χ1v) is 16.1. The molecule has 0 aliphatic heterocycles. The molecule has 8 aromatic rings. The molecule has 0 N–H and O–H groups in total. The molecule has 0 aliphatic carbocycles. The molecule has 3 heteroatoms. The van der Waals surface area contributed by atoms with E-state index in [9.17, 15) is 0 Å². The average Bonchev–Trinajstić information content (AvgIpc) is 3.19. The number of rotatable bonds is 7. The molecule has 0 aliphatic rings. The van der Waals surface area contributed by atoms with Crippen LogP contribution >= 0.6 is 0 Å². The van der Waals surface area contributed by atoms with Crippen LogP contribution in [0.25, 0.3) is 78.7 Å². The van der Waals surface area contributed by atoms with Gasteiger partial charge in [-0.25, -0.2) is 15.0 Å². The summed E-state index contributed by atoms with van der Waals surface area (Å²) < 4.78 is 0. The van der Waals surface area contributed by atoms with E-state index in [-0.39, 0.29) is 0 Å². The minimum atomic E-state index is 0.628. The maximum Gasteiger partial charge on any atom is 0.164 e. The minimum absolute atomic E-state index is 0.628. The lowest BCUT2D eigenvalue weighted by molar-refractivity contribution is 1.07. The highest BCUT2D eigenvalue weighted by atomic mass is 15.0. The van der Waals surface area contributed by atoms with Crippen molar-refractivity contribution < 1.29 is 0 Å². The van der Waals surface area contributed by atoms with Gasteiger partial charge in [0, 0.05) is 16.7 Å². The van der Waals surface area contributed by atoms with Crippen molar-refractivity contribution >= 4 is 0 Å². The molecule has 0 unspecified atom stereocenters. The van der Waals surface area contributed by atoms with Gasteiger partial charge in [0.2, 0.25) is 0 Å². The number of hydrogen-bond donors (Lipinski definition) is 0. The predicted molar refractivity (Wildman–Crippen MR) is 198 cm³/mol. The summed E-state index contributed by atoms with van der Waals surface area (Å²) in [6.07, 6.45) is 0. The van der Waals surface area contributed by atoms with Gasteiger partial charge >= 0.3 is 0 Å². The molecule has 3 nitrogen and oxygen atoms in total. The van der Waals surface area contributed by atoms with Crippen molar-refractivity contribution in [1.29, 1.82) is 0 Å². The summed E-state index contributed by atoms with van der Waals surface area (Å²) in [4.78, 5) is 15.3. The number of hydrogen-bond acceptors (Lipinski definition) is 3. The Bertz CT molecular complexity index is 2320. The van der Waals surface area contributed by atoms with Crippen LogP contribution in [-0.2, 0) is 0 Å². The first-order chi connectivity index (χ1) is 23.8. The summed E-state index contributed by atoms with van der Waals surface area (Å²) in [6.45, 7) is 0. The van der Waals surface area contributed by atoms with Crippen molar-refractivity contribution in [3.05, 3.63) is 188 Å². The van der Waals surface area contributed by atoms with Crippen LogP contribution in [0.4, 0.5) is 0 Å². The van der Waals surface area contributed by atoms with Crippen molar-refractivity contribution in [3.8, 4) is 78.7 Å². The summed E-state index contributed by atoms with van der Waals surface area (Å²) in [7, 11) is 0. The third-order valence-corrected chi connectivity index (χ3v) is 8.57. The van der Waals surface area contributed by atoms with E-state index in [1.54, 1.807) is 0 Å². The van der Waals surface area contributed by atoms with Crippen LogP contribution in [0.1, 0.15) is 0 Å². The SMILES string of the molecule is c1ccc(-c2cccc(-c3nc(-c4ccccc4)nc(-c4ccccc4-c4cccc(-c5ccccc5)c4-c4ccccc4)n3)c2)cc1. The van der Waals surface area contributed by atoms with Gasteiger partial charge in [0.15, 0.2) is 17.5 Å². The monoisotopic (exact) mass is 613 g/mol. The molecule has 0 radical (unpaired) electrons. The molecule has 0 spiro atoms. The topological polar surface area (TPSA) is 38.7 Å². The Morgan fingerprint density at radius 2 is 0.646 bits per heavy atom. The number of nitrogens with zero attached hydrogens (tertiary/aromatic N) is 3. The van der Waals surface area contributed by atoms with Gasteiger partial charge in [-0.1, -0.05) is 182 Å². The van der Waals surface area contributed by atoms with Crippen LogP contribution in [0.3, 0.4) is 0 Å². The van der Waals surface area contributed by atoms with E-state index in [1.807, 2.05) is 36.4 Å². The van der Waals surface area contributed by atoms with Crippen LogP contribution < -0.4 is 0 Å². The summed E-state index contributed by atoms with van der Waals surface area (Å²) in [5.74, 6) is 1.90. The summed E-state index contributed by atoms with van der Waals surface area (Å²) >= 11 is 0. The second-order valence-corrected chi connectivity index (χ2v) is 11.6. The Hall–Kier alpha value is -6.45. The second-order valence-electron chi connectivity index (χ2n) is 11.6. The fourth-order valence-corrected chi connectivity index (χ4v) is 6.27. The van der Waals surface area contributed by atoms with Gasteiger partial charge in [-0.2, -0.15) is 0 Å². The van der Waals surface area contributed by atoms with Crippen molar-refractivity contribution in [2.45, 2.75) is 0 Å². The van der Waals surface area contributed by atoms with Crippen LogP contribution in [0.2, 0.25) is 0 Å². The van der Waals surface area contributed by atoms with Gasteiger partial charge in [0.1, 0.15) is 0 Å². The standard InChI is InChI=1S/C45H31N3/c1-5-17-32(18-6-1)36-25-15-26-37(31-36)44-46-43(35-23-11-4-12-24-35)47-45(48-44)41-28-14-13-27-39(41)40-30-16-29-38(33-19-7-2-8-20-33)42(40)34-21-9-3-10-22-34/h1-31H. The van der Waals surface area contributed by atoms with Crippen molar-refractivity contribution in [2.24, 2.45) is 0 Å². The molecule has 0 bridgehead atoms. The fraction of sp³-hybridized carbons (Fsp3) is 0. The molecule has 48 heavy (non-hydrogen) atoms. The van der Waals surface area contributed by atoms with E-state index < -0.39 is 0 Å². The summed E-state index contributed by atoms with van der Waals surface area (Å²) in [5.41, 5.74) is 11.9. The predicted octanol–water partition coefficient (Wildman–Crippen LogP) is 11.5. The van der Waals surface area contributed by atoms with Crippen molar-refractivity contribution in [3.63, 3.8) is 0 Å². The first kappa shape index (κ1) is 29.0. The van der Waals surface area contributed by atoms with Gasteiger partial charge < -0.3 is 0 Å². The van der Waals surface area contributed by atoms with Crippen molar-refractivity contribution in [2.75, 3.05) is 0 Å². The zero-order valence-corrected chi connectivity index (χ0v) is 26.2. The van der Waals surface area contributed by atoms with Crippen LogP contribution in [0.15, 0.2) is 188 Å². The zero-order chi connectivity index (χ0) is 32.1. The van der Waals surface area contributed by atoms with Gasteiger partial charge in [-0.15, -0.1) is 0 Å². The molecule has 0 atom stereocenters. The molecule has 0 saturated heterocycles. The minimum Gasteiger partial charge on any atom is -0.208 e. The maximum atomic E-state index is 5.18. The first-order valence-electron chi connectivity index (χ1n) is 16.1. The largest absolute Gasteiger partial charge is 0.208 e. The average molecular weight is 614 g/mol. The quantitative estimate of drug-likeness (QED) is 0.179. The third-order valence-electron chi connectivity index (χ3n) is 8.57. The normalized spacial score (nSPS) is 10.9. The van der Waals surface area contributed by atoms with Crippen LogP contribution in [0.5, 0.6) is 0 Å². The molecule has 226 valence electrons. The maximum absolute atomic E-state index is 5.18. The van der Waals surface area contributed by atoms with E-state index >= 15 is 0 Å². The zero-order valence-electron chi connectivity index (χ0n) is 26.2. The molecular weight excluding hydrogens is 583 g/mol. The Morgan fingerprint density at radius 1 is 0.229 bits per heavy atom. The number of aromatic nitrogens is 3. The van der Waals surface area contributed by atoms with Crippen LogP contribution in [-0.4, -0.2) is 15.0 Å². The molecule has 0 saturated carbocycles. The Labute approximate surface area is 280 Å². The van der Waals surface area contributed by atoms with Gasteiger partial charge in [0.05, 0.1) is 0 Å². The molecular formula is C45H31N3. The summed E-state index contributed by atoms with van der Waals surface area (Å²) in [6, 6.07) is 65.2.